The van der Waals surface area contributed by atoms with Gasteiger partial charge >= 0.3 is 0 Å². The smallest absolute Gasteiger partial charge is 0.126 e. The molecule has 1 heterocycles. The SMILES string of the molecule is COc1c(C)cc(-c2cn[nH]c2N)c(C)c1C. The van der Waals surface area contributed by atoms with E-state index in [2.05, 4.69) is 30.1 Å². The zero-order valence-electron chi connectivity index (χ0n) is 10.6. The summed E-state index contributed by atoms with van der Waals surface area (Å²) in [7, 11) is 1.70. The quantitative estimate of drug-likeness (QED) is 0.835. The summed E-state index contributed by atoms with van der Waals surface area (Å²) in [5, 5.41) is 6.72. The molecular formula is C13H17N3O. The lowest BCUT2D eigenvalue weighted by Crippen LogP contribution is -1.97. The fourth-order valence-electron chi connectivity index (χ4n) is 2.16. The molecular weight excluding hydrogens is 214 g/mol. The first-order valence-corrected chi connectivity index (χ1v) is 5.50. The summed E-state index contributed by atoms with van der Waals surface area (Å²) in [4.78, 5) is 0. The van der Waals surface area contributed by atoms with E-state index in [4.69, 9.17) is 10.5 Å². The Morgan fingerprint density at radius 2 is 1.88 bits per heavy atom. The van der Waals surface area contributed by atoms with Crippen molar-refractivity contribution in [2.24, 2.45) is 0 Å². The summed E-state index contributed by atoms with van der Waals surface area (Å²) in [6.07, 6.45) is 1.75. The molecule has 0 saturated heterocycles. The first kappa shape index (κ1) is 11.5. The van der Waals surface area contributed by atoms with E-state index in [1.807, 2.05) is 6.92 Å². The number of aromatic amines is 1. The van der Waals surface area contributed by atoms with Crippen LogP contribution in [0.4, 0.5) is 5.82 Å². The van der Waals surface area contributed by atoms with Gasteiger partial charge in [-0.25, -0.2) is 0 Å². The number of ether oxygens (including phenoxy) is 1. The largest absolute Gasteiger partial charge is 0.496 e. The first-order chi connectivity index (χ1) is 8.06. The fourth-order valence-corrected chi connectivity index (χ4v) is 2.16. The maximum absolute atomic E-state index is 5.86. The van der Waals surface area contributed by atoms with Crippen LogP contribution in [-0.2, 0) is 0 Å². The molecule has 4 nitrogen and oxygen atoms in total. The van der Waals surface area contributed by atoms with Crippen LogP contribution in [0, 0.1) is 20.8 Å². The van der Waals surface area contributed by atoms with Crippen molar-refractivity contribution < 1.29 is 4.74 Å². The molecule has 0 aliphatic heterocycles. The van der Waals surface area contributed by atoms with Crippen LogP contribution in [0.2, 0.25) is 0 Å². The monoisotopic (exact) mass is 231 g/mol. The number of nitrogens with zero attached hydrogens (tertiary/aromatic N) is 1. The third kappa shape index (κ3) is 1.75. The highest BCUT2D eigenvalue weighted by Gasteiger charge is 2.14. The summed E-state index contributed by atoms with van der Waals surface area (Å²) in [6, 6.07) is 2.09. The van der Waals surface area contributed by atoms with Crippen molar-refractivity contribution in [1.29, 1.82) is 0 Å². The maximum Gasteiger partial charge on any atom is 0.126 e. The molecule has 0 atom stereocenters. The van der Waals surface area contributed by atoms with Gasteiger partial charge < -0.3 is 10.5 Å². The van der Waals surface area contributed by atoms with Crippen LogP contribution in [0.15, 0.2) is 12.3 Å². The third-order valence-electron chi connectivity index (χ3n) is 3.19. The maximum atomic E-state index is 5.86. The van der Waals surface area contributed by atoms with Crippen molar-refractivity contribution in [3.05, 3.63) is 29.0 Å². The molecule has 0 saturated carbocycles. The molecule has 2 aromatic rings. The van der Waals surface area contributed by atoms with Crippen molar-refractivity contribution in [2.75, 3.05) is 12.8 Å². The molecule has 17 heavy (non-hydrogen) atoms. The normalized spacial score (nSPS) is 10.6. The van der Waals surface area contributed by atoms with Crippen molar-refractivity contribution >= 4 is 5.82 Å². The Labute approximate surface area is 101 Å². The van der Waals surface area contributed by atoms with Gasteiger partial charge in [-0.15, -0.1) is 0 Å². The first-order valence-electron chi connectivity index (χ1n) is 5.50. The lowest BCUT2D eigenvalue weighted by Gasteiger charge is -2.15. The van der Waals surface area contributed by atoms with Crippen molar-refractivity contribution in [1.82, 2.24) is 10.2 Å². The number of nitrogen functional groups attached to an aromatic ring is 1. The predicted octanol–water partition coefficient (Wildman–Crippen LogP) is 2.59. The lowest BCUT2D eigenvalue weighted by atomic mass is 9.95. The van der Waals surface area contributed by atoms with Gasteiger partial charge in [0.25, 0.3) is 0 Å². The number of hydrogen-bond donors (Lipinski definition) is 2. The molecule has 1 aromatic carbocycles. The highest BCUT2D eigenvalue weighted by atomic mass is 16.5. The number of rotatable bonds is 2. The number of aryl methyl sites for hydroxylation is 1. The molecule has 90 valence electrons. The molecule has 3 N–H and O–H groups in total. The van der Waals surface area contributed by atoms with Crippen LogP contribution in [0.3, 0.4) is 0 Å². The molecule has 2 rings (SSSR count). The summed E-state index contributed by atoms with van der Waals surface area (Å²) < 4.78 is 5.40. The number of aromatic nitrogens is 2. The highest BCUT2D eigenvalue weighted by molar-refractivity contribution is 5.78. The number of benzene rings is 1. The average molecular weight is 231 g/mol. The van der Waals surface area contributed by atoms with E-state index in [-0.39, 0.29) is 0 Å². The Kier molecular flexibility index (Phi) is 2.79. The van der Waals surface area contributed by atoms with E-state index in [9.17, 15) is 0 Å². The Morgan fingerprint density at radius 1 is 1.18 bits per heavy atom. The van der Waals surface area contributed by atoms with Crippen LogP contribution in [0.1, 0.15) is 16.7 Å². The fraction of sp³-hybridized carbons (Fsp3) is 0.308. The predicted molar refractivity (Wildman–Crippen MR) is 69.2 cm³/mol. The number of hydrogen-bond acceptors (Lipinski definition) is 3. The number of methoxy groups -OCH3 is 1. The molecule has 4 heteroatoms. The van der Waals surface area contributed by atoms with Crippen LogP contribution in [0.25, 0.3) is 11.1 Å². The summed E-state index contributed by atoms with van der Waals surface area (Å²) in [5.41, 5.74) is 11.3. The minimum absolute atomic E-state index is 0.595. The Hall–Kier alpha value is -1.97. The number of nitrogens with two attached hydrogens (primary N) is 1. The van der Waals surface area contributed by atoms with Gasteiger partial charge in [-0.05, 0) is 49.1 Å². The lowest BCUT2D eigenvalue weighted by molar-refractivity contribution is 0.408. The van der Waals surface area contributed by atoms with E-state index in [1.165, 1.54) is 5.56 Å². The van der Waals surface area contributed by atoms with Gasteiger partial charge in [0.05, 0.1) is 13.3 Å². The highest BCUT2D eigenvalue weighted by Crippen LogP contribution is 2.35. The summed E-state index contributed by atoms with van der Waals surface area (Å²) >= 11 is 0. The van der Waals surface area contributed by atoms with Gasteiger partial charge in [-0.2, -0.15) is 5.10 Å². The third-order valence-corrected chi connectivity index (χ3v) is 3.19. The second kappa shape index (κ2) is 4.13. The minimum Gasteiger partial charge on any atom is -0.496 e. The van der Waals surface area contributed by atoms with Gasteiger partial charge in [0, 0.05) is 5.56 Å². The summed E-state index contributed by atoms with van der Waals surface area (Å²) in [6.45, 7) is 6.16. The minimum atomic E-state index is 0.595. The molecule has 0 aliphatic carbocycles. The number of nitrogens with one attached hydrogen (secondary N) is 1. The van der Waals surface area contributed by atoms with Gasteiger partial charge in [-0.3, -0.25) is 5.10 Å². The van der Waals surface area contributed by atoms with Crippen LogP contribution in [-0.4, -0.2) is 17.3 Å². The zero-order chi connectivity index (χ0) is 12.6. The Bertz CT molecular complexity index is 558. The van der Waals surface area contributed by atoms with Gasteiger partial charge in [-0.1, -0.05) is 0 Å². The molecule has 0 fully saturated rings. The van der Waals surface area contributed by atoms with Crippen molar-refractivity contribution in [2.45, 2.75) is 20.8 Å². The van der Waals surface area contributed by atoms with Gasteiger partial charge in [0.2, 0.25) is 0 Å². The summed E-state index contributed by atoms with van der Waals surface area (Å²) in [5.74, 6) is 1.53. The van der Waals surface area contributed by atoms with E-state index in [0.29, 0.717) is 5.82 Å². The van der Waals surface area contributed by atoms with E-state index < -0.39 is 0 Å². The van der Waals surface area contributed by atoms with E-state index in [1.54, 1.807) is 13.3 Å². The van der Waals surface area contributed by atoms with Crippen LogP contribution < -0.4 is 10.5 Å². The molecule has 1 aromatic heterocycles. The second-order valence-electron chi connectivity index (χ2n) is 4.22. The molecule has 0 unspecified atom stereocenters. The van der Waals surface area contributed by atoms with E-state index >= 15 is 0 Å². The Morgan fingerprint density at radius 3 is 2.41 bits per heavy atom. The molecule has 0 radical (unpaired) electrons. The molecule has 0 amide bonds. The molecule has 0 spiro atoms. The molecule has 0 bridgehead atoms. The Balaban J connectivity index is 2.69. The number of anilines is 1. The van der Waals surface area contributed by atoms with Gasteiger partial charge in [0.1, 0.15) is 11.6 Å². The average Bonchev–Trinajstić information content (AvgIpc) is 2.71. The topological polar surface area (TPSA) is 63.9 Å². The van der Waals surface area contributed by atoms with Crippen molar-refractivity contribution in [3.8, 4) is 16.9 Å². The van der Waals surface area contributed by atoms with Crippen molar-refractivity contribution in [3.63, 3.8) is 0 Å². The number of H-pyrrole nitrogens is 1. The van der Waals surface area contributed by atoms with Crippen LogP contribution >= 0.6 is 0 Å². The zero-order valence-corrected chi connectivity index (χ0v) is 10.6. The van der Waals surface area contributed by atoms with E-state index in [0.717, 1.165) is 28.0 Å². The standard InChI is InChI=1S/C13H17N3O/c1-7-5-10(11-6-15-16-13(11)14)8(2)9(3)12(7)17-4/h5-6H,1-4H3,(H3,14,15,16). The van der Waals surface area contributed by atoms with Gasteiger partial charge in [0.15, 0.2) is 0 Å². The molecule has 0 aliphatic rings. The van der Waals surface area contributed by atoms with Crippen LogP contribution in [0.5, 0.6) is 5.75 Å². The second-order valence-corrected chi connectivity index (χ2v) is 4.22.